The second-order valence-electron chi connectivity index (χ2n) is 5.75. The van der Waals surface area contributed by atoms with Gasteiger partial charge in [-0.15, -0.1) is 0 Å². The van der Waals surface area contributed by atoms with E-state index in [9.17, 15) is 14.9 Å². The van der Waals surface area contributed by atoms with Crippen molar-refractivity contribution in [1.82, 2.24) is 0 Å². The molecule has 0 radical (unpaired) electrons. The van der Waals surface area contributed by atoms with E-state index in [1.54, 1.807) is 0 Å². The zero-order valence-corrected chi connectivity index (χ0v) is 11.8. The van der Waals surface area contributed by atoms with E-state index >= 15 is 0 Å². The van der Waals surface area contributed by atoms with Crippen molar-refractivity contribution in [3.05, 3.63) is 33.9 Å². The van der Waals surface area contributed by atoms with Gasteiger partial charge in [0.05, 0.1) is 17.6 Å². The number of carbonyl (C=O) groups excluding carboxylic acids is 1. The van der Waals surface area contributed by atoms with Gasteiger partial charge in [0.1, 0.15) is 5.69 Å². The minimum absolute atomic E-state index is 0.0314. The third kappa shape index (κ3) is 2.89. The minimum atomic E-state index is -0.505. The fraction of sp³-hybridized carbons (Fsp3) is 0.500. The van der Waals surface area contributed by atoms with Gasteiger partial charge in [-0.1, -0.05) is 13.8 Å². The quantitative estimate of drug-likeness (QED) is 0.509. The Hall–Kier alpha value is -2.11. The van der Waals surface area contributed by atoms with E-state index in [0.717, 1.165) is 6.42 Å². The molecule has 1 aliphatic carbocycles. The summed E-state index contributed by atoms with van der Waals surface area (Å²) in [4.78, 5) is 22.0. The molecule has 1 fully saturated rings. The highest BCUT2D eigenvalue weighted by molar-refractivity contribution is 5.91. The van der Waals surface area contributed by atoms with Crippen LogP contribution in [0.15, 0.2) is 18.2 Å². The van der Waals surface area contributed by atoms with Gasteiger partial charge in [0, 0.05) is 12.6 Å². The van der Waals surface area contributed by atoms with Crippen molar-refractivity contribution in [3.8, 4) is 0 Å². The van der Waals surface area contributed by atoms with Crippen molar-refractivity contribution in [2.24, 2.45) is 11.3 Å². The first-order valence-electron chi connectivity index (χ1n) is 6.46. The summed E-state index contributed by atoms with van der Waals surface area (Å²) in [6, 6.07) is 4.20. The number of rotatable bonds is 5. The molecular weight excluding hydrogens is 260 g/mol. The summed E-state index contributed by atoms with van der Waals surface area (Å²) >= 11 is 0. The van der Waals surface area contributed by atoms with Gasteiger partial charge in [-0.25, -0.2) is 4.79 Å². The average molecular weight is 278 g/mol. The Morgan fingerprint density at radius 1 is 1.55 bits per heavy atom. The number of nitro benzene ring substituents is 1. The lowest BCUT2D eigenvalue weighted by atomic mass is 10.1. The van der Waals surface area contributed by atoms with Crippen LogP contribution in [0.5, 0.6) is 0 Å². The Labute approximate surface area is 117 Å². The van der Waals surface area contributed by atoms with Gasteiger partial charge in [-0.05, 0) is 29.9 Å². The molecule has 1 atom stereocenters. The summed E-state index contributed by atoms with van der Waals surface area (Å²) in [6.07, 6.45) is 1.10. The van der Waals surface area contributed by atoms with Gasteiger partial charge in [-0.2, -0.15) is 0 Å². The monoisotopic (exact) mass is 278 g/mol. The van der Waals surface area contributed by atoms with Crippen molar-refractivity contribution in [1.29, 1.82) is 0 Å². The Kier molecular flexibility index (Phi) is 3.65. The van der Waals surface area contributed by atoms with E-state index in [1.807, 2.05) is 0 Å². The Morgan fingerprint density at radius 2 is 2.20 bits per heavy atom. The summed E-state index contributed by atoms with van der Waals surface area (Å²) < 4.78 is 4.63. The van der Waals surface area contributed by atoms with Gasteiger partial charge in [0.15, 0.2) is 0 Å². The number of nitrogens with zero attached hydrogens (tertiary/aromatic N) is 1. The van der Waals surface area contributed by atoms with Crippen molar-refractivity contribution in [2.45, 2.75) is 20.3 Å². The molecular formula is C14H18N2O4. The number of ether oxygens (including phenoxy) is 1. The topological polar surface area (TPSA) is 81.5 Å². The number of esters is 1. The molecule has 0 amide bonds. The molecule has 108 valence electrons. The van der Waals surface area contributed by atoms with Crippen LogP contribution in [0, 0.1) is 21.4 Å². The lowest BCUT2D eigenvalue weighted by Crippen LogP contribution is -2.10. The highest BCUT2D eigenvalue weighted by Crippen LogP contribution is 2.51. The molecule has 0 aliphatic heterocycles. The van der Waals surface area contributed by atoms with Gasteiger partial charge in [-0.3, -0.25) is 10.1 Å². The third-order valence-corrected chi connectivity index (χ3v) is 3.87. The van der Waals surface area contributed by atoms with Gasteiger partial charge >= 0.3 is 5.97 Å². The molecule has 1 aliphatic rings. The molecule has 6 heteroatoms. The number of hydrogen-bond acceptors (Lipinski definition) is 5. The summed E-state index contributed by atoms with van der Waals surface area (Å²) in [5.41, 5.74) is 0.925. The number of benzene rings is 1. The highest BCUT2D eigenvalue weighted by atomic mass is 16.6. The summed E-state index contributed by atoms with van der Waals surface area (Å²) in [7, 11) is 1.28. The number of nitro groups is 1. The average Bonchev–Trinajstić information content (AvgIpc) is 3.02. The van der Waals surface area contributed by atoms with Crippen LogP contribution in [0.25, 0.3) is 0 Å². The van der Waals surface area contributed by atoms with E-state index in [2.05, 4.69) is 23.9 Å². The first-order chi connectivity index (χ1) is 9.35. The Bertz CT molecular complexity index is 554. The molecule has 0 saturated heterocycles. The molecule has 6 nitrogen and oxygen atoms in total. The van der Waals surface area contributed by atoms with E-state index < -0.39 is 10.9 Å². The maximum Gasteiger partial charge on any atom is 0.337 e. The number of nitrogens with one attached hydrogen (secondary N) is 1. The van der Waals surface area contributed by atoms with Crippen LogP contribution in [0.3, 0.4) is 0 Å². The van der Waals surface area contributed by atoms with Crippen LogP contribution in [0.2, 0.25) is 0 Å². The molecule has 0 aromatic heterocycles. The molecule has 2 rings (SSSR count). The molecule has 0 heterocycles. The van der Waals surface area contributed by atoms with Crippen molar-refractivity contribution in [3.63, 3.8) is 0 Å². The van der Waals surface area contributed by atoms with Crippen LogP contribution in [0.4, 0.5) is 11.4 Å². The van der Waals surface area contributed by atoms with Crippen LogP contribution in [0.1, 0.15) is 30.6 Å². The number of methoxy groups -OCH3 is 1. The van der Waals surface area contributed by atoms with E-state index in [4.69, 9.17) is 0 Å². The van der Waals surface area contributed by atoms with Crippen LogP contribution >= 0.6 is 0 Å². The molecule has 20 heavy (non-hydrogen) atoms. The third-order valence-electron chi connectivity index (χ3n) is 3.87. The smallest absolute Gasteiger partial charge is 0.337 e. The molecule has 0 bridgehead atoms. The predicted molar refractivity (Wildman–Crippen MR) is 74.8 cm³/mol. The molecule has 1 aromatic rings. The SMILES string of the molecule is COC(=O)c1ccc([N+](=O)[O-])c(NCC2CC2(C)C)c1. The first kappa shape index (κ1) is 14.3. The Balaban J connectivity index is 2.18. The molecule has 1 saturated carbocycles. The normalized spacial score (nSPS) is 19.2. The molecule has 1 aromatic carbocycles. The second kappa shape index (κ2) is 5.11. The van der Waals surface area contributed by atoms with E-state index in [1.165, 1.54) is 25.3 Å². The number of anilines is 1. The standard InChI is InChI=1S/C14H18N2O4/c1-14(2)7-10(14)8-15-11-6-9(13(17)20-3)4-5-12(11)16(18)19/h4-6,10,15H,7-8H2,1-3H3. The van der Waals surface area contributed by atoms with Gasteiger partial charge in [0.25, 0.3) is 5.69 Å². The Morgan fingerprint density at radius 3 is 2.70 bits per heavy atom. The zero-order chi connectivity index (χ0) is 14.9. The van der Waals surface area contributed by atoms with Crippen LogP contribution in [-0.4, -0.2) is 24.5 Å². The lowest BCUT2D eigenvalue weighted by molar-refractivity contribution is -0.384. The zero-order valence-electron chi connectivity index (χ0n) is 11.8. The fourth-order valence-electron chi connectivity index (χ4n) is 2.24. The number of hydrogen-bond donors (Lipinski definition) is 1. The van der Waals surface area contributed by atoms with Crippen molar-refractivity contribution < 1.29 is 14.5 Å². The first-order valence-corrected chi connectivity index (χ1v) is 6.46. The molecule has 0 spiro atoms. The largest absolute Gasteiger partial charge is 0.465 e. The van der Waals surface area contributed by atoms with Crippen molar-refractivity contribution >= 4 is 17.3 Å². The molecule has 1 N–H and O–H groups in total. The van der Waals surface area contributed by atoms with E-state index in [0.29, 0.717) is 29.1 Å². The second-order valence-corrected chi connectivity index (χ2v) is 5.75. The number of carbonyl (C=O) groups is 1. The van der Waals surface area contributed by atoms with Crippen molar-refractivity contribution in [2.75, 3.05) is 19.0 Å². The summed E-state index contributed by atoms with van der Waals surface area (Å²) in [5, 5.41) is 14.1. The summed E-state index contributed by atoms with van der Waals surface area (Å²) in [6.45, 7) is 5.00. The van der Waals surface area contributed by atoms with Crippen LogP contribution in [-0.2, 0) is 4.74 Å². The summed E-state index contributed by atoms with van der Waals surface area (Å²) in [5.74, 6) is -0.00131. The molecule has 1 unspecified atom stereocenters. The maximum absolute atomic E-state index is 11.5. The maximum atomic E-state index is 11.5. The lowest BCUT2D eigenvalue weighted by Gasteiger charge is -2.09. The van der Waals surface area contributed by atoms with Gasteiger partial charge < -0.3 is 10.1 Å². The fourth-order valence-corrected chi connectivity index (χ4v) is 2.24. The van der Waals surface area contributed by atoms with Gasteiger partial charge in [0.2, 0.25) is 0 Å². The van der Waals surface area contributed by atoms with E-state index in [-0.39, 0.29) is 5.69 Å². The predicted octanol–water partition coefficient (Wildman–Crippen LogP) is 2.84. The minimum Gasteiger partial charge on any atom is -0.465 e. The highest BCUT2D eigenvalue weighted by Gasteiger charge is 2.45. The van der Waals surface area contributed by atoms with Crippen LogP contribution < -0.4 is 5.32 Å².